The minimum atomic E-state index is -0.234. The summed E-state index contributed by atoms with van der Waals surface area (Å²) in [7, 11) is 0. The molecule has 5 rings (SSSR count). The topological polar surface area (TPSA) is 82.2 Å². The second kappa shape index (κ2) is 11.5. The molecular formula is C31H33N5O2. The Balaban J connectivity index is 1.34. The van der Waals surface area contributed by atoms with Crippen LogP contribution in [0.5, 0.6) is 0 Å². The highest BCUT2D eigenvalue weighted by Crippen LogP contribution is 2.33. The van der Waals surface area contributed by atoms with Crippen molar-refractivity contribution >= 4 is 17.9 Å². The van der Waals surface area contributed by atoms with Crippen LogP contribution >= 0.6 is 0 Å². The van der Waals surface area contributed by atoms with Gasteiger partial charge in [0.1, 0.15) is 5.82 Å². The predicted octanol–water partition coefficient (Wildman–Crippen LogP) is 5.43. The van der Waals surface area contributed by atoms with Crippen molar-refractivity contribution in [3.63, 3.8) is 0 Å². The van der Waals surface area contributed by atoms with Gasteiger partial charge >= 0.3 is 0 Å². The summed E-state index contributed by atoms with van der Waals surface area (Å²) >= 11 is 0. The van der Waals surface area contributed by atoms with Crippen LogP contribution < -0.4 is 0 Å². The Kier molecular flexibility index (Phi) is 7.75. The van der Waals surface area contributed by atoms with E-state index in [0.717, 1.165) is 42.2 Å². The molecule has 7 heteroatoms. The number of hydrogen-bond acceptors (Lipinski definition) is 5. The van der Waals surface area contributed by atoms with Crippen molar-refractivity contribution < 1.29 is 9.59 Å². The van der Waals surface area contributed by atoms with Crippen molar-refractivity contribution in [1.82, 2.24) is 24.8 Å². The number of rotatable bonds is 9. The van der Waals surface area contributed by atoms with Crippen LogP contribution in [0.25, 0.3) is 6.08 Å². The molecule has 1 aliphatic carbocycles. The Labute approximate surface area is 223 Å². The van der Waals surface area contributed by atoms with E-state index >= 15 is 0 Å². The zero-order chi connectivity index (χ0) is 26.5. The van der Waals surface area contributed by atoms with Crippen LogP contribution in [0.4, 0.5) is 0 Å². The Morgan fingerprint density at radius 1 is 1.08 bits per heavy atom. The minimum absolute atomic E-state index is 0.163. The Morgan fingerprint density at radius 2 is 1.87 bits per heavy atom. The van der Waals surface area contributed by atoms with Gasteiger partial charge in [-0.15, -0.1) is 0 Å². The molecule has 2 aliphatic rings. The summed E-state index contributed by atoms with van der Waals surface area (Å²) in [5.41, 5.74) is 5.35. The molecule has 0 fully saturated rings. The van der Waals surface area contributed by atoms with E-state index in [1.807, 2.05) is 62.6 Å². The number of H-pyrrole nitrogens is 1. The minimum Gasteiger partial charge on any atom is -0.341 e. The van der Waals surface area contributed by atoms with Crippen LogP contribution in [0.2, 0.25) is 0 Å². The molecule has 1 N–H and O–H groups in total. The predicted molar refractivity (Wildman–Crippen MR) is 148 cm³/mol. The van der Waals surface area contributed by atoms with Gasteiger partial charge in [-0.25, -0.2) is 4.98 Å². The molecule has 1 unspecified atom stereocenters. The monoisotopic (exact) mass is 507 g/mol. The lowest BCUT2D eigenvalue weighted by atomic mass is 9.90. The fourth-order valence-electron chi connectivity index (χ4n) is 5.27. The molecule has 0 radical (unpaired) electrons. The highest BCUT2D eigenvalue weighted by atomic mass is 16.2. The SMILES string of the molecule is C/C=C\C=C/c1[nH]c(CN(C/C=C/CN2C(=O)c3ccccc3C2=O)C2CCCc3cccnc32)nc1C. The standard InChI is InChI=1S/C31H33N5O2/c1-3-4-5-16-26-22(2)33-28(34-26)21-35(27-17-10-12-23-13-11-18-32-29(23)27)19-8-9-20-36-30(37)24-14-6-7-15-25(24)31(36)38/h3-9,11,13-16,18,27H,10,12,17,19-21H2,1-2H3,(H,33,34)/b4-3-,9-8+,16-5-. The fraction of sp³-hybridized carbons (Fsp3) is 0.290. The van der Waals surface area contributed by atoms with Gasteiger partial charge in [-0.2, -0.15) is 0 Å². The molecular weight excluding hydrogens is 474 g/mol. The van der Waals surface area contributed by atoms with Gasteiger partial charge in [-0.1, -0.05) is 48.6 Å². The maximum absolute atomic E-state index is 12.7. The van der Waals surface area contributed by atoms with Gasteiger partial charge in [0.2, 0.25) is 0 Å². The fourth-order valence-corrected chi connectivity index (χ4v) is 5.27. The first-order valence-electron chi connectivity index (χ1n) is 13.2. The number of hydrogen-bond donors (Lipinski definition) is 1. The molecule has 0 spiro atoms. The van der Waals surface area contributed by atoms with Gasteiger partial charge in [0.05, 0.1) is 40.8 Å². The number of aromatic nitrogens is 3. The third-order valence-corrected chi connectivity index (χ3v) is 7.17. The van der Waals surface area contributed by atoms with Crippen LogP contribution in [0.3, 0.4) is 0 Å². The zero-order valence-electron chi connectivity index (χ0n) is 21.9. The Morgan fingerprint density at radius 3 is 2.63 bits per heavy atom. The molecule has 1 atom stereocenters. The van der Waals surface area contributed by atoms with Crippen LogP contribution in [0.1, 0.15) is 75.0 Å². The van der Waals surface area contributed by atoms with Gasteiger partial charge < -0.3 is 4.98 Å². The van der Waals surface area contributed by atoms with E-state index in [1.165, 1.54) is 10.5 Å². The third-order valence-electron chi connectivity index (χ3n) is 7.17. The van der Waals surface area contributed by atoms with E-state index in [2.05, 4.69) is 16.0 Å². The summed E-state index contributed by atoms with van der Waals surface area (Å²) in [6, 6.07) is 11.3. The van der Waals surface area contributed by atoms with Gasteiger partial charge in [-0.05, 0) is 62.9 Å². The molecule has 1 aliphatic heterocycles. The van der Waals surface area contributed by atoms with Crippen LogP contribution in [-0.2, 0) is 13.0 Å². The number of aryl methyl sites for hydroxylation is 2. The number of carbonyl (C=O) groups is 2. The van der Waals surface area contributed by atoms with Crippen molar-refractivity contribution in [1.29, 1.82) is 0 Å². The average molecular weight is 508 g/mol. The molecule has 1 aromatic carbocycles. The first-order chi connectivity index (χ1) is 18.6. The summed E-state index contributed by atoms with van der Waals surface area (Å²) < 4.78 is 0. The van der Waals surface area contributed by atoms with Crippen LogP contribution in [0.15, 0.2) is 73.0 Å². The van der Waals surface area contributed by atoms with Gasteiger partial charge in [0.25, 0.3) is 11.8 Å². The lowest BCUT2D eigenvalue weighted by molar-refractivity contribution is 0.0671. The van der Waals surface area contributed by atoms with Crippen LogP contribution in [-0.4, -0.2) is 49.7 Å². The highest BCUT2D eigenvalue weighted by molar-refractivity contribution is 6.21. The van der Waals surface area contributed by atoms with Gasteiger partial charge in [-0.3, -0.25) is 24.4 Å². The van der Waals surface area contributed by atoms with E-state index in [9.17, 15) is 9.59 Å². The number of imidazole rings is 1. The largest absolute Gasteiger partial charge is 0.341 e. The molecule has 7 nitrogen and oxygen atoms in total. The maximum atomic E-state index is 12.7. The zero-order valence-corrected chi connectivity index (χ0v) is 21.9. The number of imide groups is 1. The molecule has 0 saturated heterocycles. The van der Waals surface area contributed by atoms with E-state index in [1.54, 1.807) is 24.3 Å². The Bertz CT molecular complexity index is 1380. The number of allylic oxidation sites excluding steroid dienone is 3. The van der Waals surface area contributed by atoms with Crippen LogP contribution in [0, 0.1) is 6.92 Å². The molecule has 3 heterocycles. The number of amides is 2. The molecule has 2 aromatic heterocycles. The first-order valence-corrected chi connectivity index (χ1v) is 13.2. The van der Waals surface area contributed by atoms with Gasteiger partial charge in [0, 0.05) is 19.3 Å². The number of benzene rings is 1. The number of nitrogens with one attached hydrogen (secondary N) is 1. The Hall–Kier alpha value is -4.10. The normalized spacial score (nSPS) is 17.4. The van der Waals surface area contributed by atoms with E-state index in [-0.39, 0.29) is 24.4 Å². The van der Waals surface area contributed by atoms with Gasteiger partial charge in [0.15, 0.2) is 0 Å². The number of fused-ring (bicyclic) bond motifs is 2. The van der Waals surface area contributed by atoms with E-state index in [4.69, 9.17) is 9.97 Å². The lowest BCUT2D eigenvalue weighted by Gasteiger charge is -2.34. The molecule has 0 saturated carbocycles. The van der Waals surface area contributed by atoms with Crippen molar-refractivity contribution in [2.24, 2.45) is 0 Å². The van der Waals surface area contributed by atoms with Crippen molar-refractivity contribution in [3.05, 3.63) is 113 Å². The smallest absolute Gasteiger partial charge is 0.261 e. The number of pyridine rings is 1. The molecule has 38 heavy (non-hydrogen) atoms. The van der Waals surface area contributed by atoms with Crippen molar-refractivity contribution in [3.8, 4) is 0 Å². The summed E-state index contributed by atoms with van der Waals surface area (Å²) in [6.45, 7) is 5.54. The summed E-state index contributed by atoms with van der Waals surface area (Å²) in [5.74, 6) is 0.434. The second-order valence-electron chi connectivity index (χ2n) is 9.69. The van der Waals surface area contributed by atoms with Crippen molar-refractivity contribution in [2.45, 2.75) is 45.7 Å². The summed E-state index contributed by atoms with van der Waals surface area (Å²) in [6.07, 6.45) is 17.0. The molecule has 2 amide bonds. The first kappa shape index (κ1) is 25.5. The molecule has 0 bridgehead atoms. The summed E-state index contributed by atoms with van der Waals surface area (Å²) in [4.78, 5) is 42.2. The number of carbonyl (C=O) groups excluding carboxylic acids is 2. The third kappa shape index (κ3) is 5.29. The quantitative estimate of drug-likeness (QED) is 0.237. The maximum Gasteiger partial charge on any atom is 0.261 e. The molecule has 194 valence electrons. The number of nitrogens with zero attached hydrogens (tertiary/aromatic N) is 4. The van der Waals surface area contributed by atoms with Crippen molar-refractivity contribution in [2.75, 3.05) is 13.1 Å². The summed E-state index contributed by atoms with van der Waals surface area (Å²) in [5, 5.41) is 0. The molecule has 3 aromatic rings. The number of aromatic amines is 1. The second-order valence-corrected chi connectivity index (χ2v) is 9.69. The van der Waals surface area contributed by atoms with E-state index in [0.29, 0.717) is 24.2 Å². The average Bonchev–Trinajstić information content (AvgIpc) is 3.41. The van der Waals surface area contributed by atoms with E-state index < -0.39 is 0 Å². The lowest BCUT2D eigenvalue weighted by Crippen LogP contribution is -2.33. The highest BCUT2D eigenvalue weighted by Gasteiger charge is 2.34.